The smallest absolute Gasteiger partial charge is 0.232 e. The molecular formula is C11H11F2N3O. The summed E-state index contributed by atoms with van der Waals surface area (Å²) in [6, 6.07) is 3.57. The summed E-state index contributed by atoms with van der Waals surface area (Å²) in [4.78, 5) is 0. The van der Waals surface area contributed by atoms with Crippen LogP contribution in [0.1, 0.15) is 30.3 Å². The van der Waals surface area contributed by atoms with Gasteiger partial charge in [0.2, 0.25) is 11.8 Å². The third-order valence-corrected chi connectivity index (χ3v) is 2.25. The molecule has 0 aliphatic carbocycles. The van der Waals surface area contributed by atoms with Crippen LogP contribution in [0.15, 0.2) is 22.6 Å². The molecule has 1 heterocycles. The molecule has 4 nitrogen and oxygen atoms in total. The molecule has 0 saturated carbocycles. The predicted molar refractivity (Wildman–Crippen MR) is 56.1 cm³/mol. The van der Waals surface area contributed by atoms with Gasteiger partial charge in [0.15, 0.2) is 11.6 Å². The van der Waals surface area contributed by atoms with Gasteiger partial charge in [-0.15, -0.1) is 10.2 Å². The van der Waals surface area contributed by atoms with E-state index >= 15 is 0 Å². The third-order valence-electron chi connectivity index (χ3n) is 2.25. The lowest BCUT2D eigenvalue weighted by atomic mass is 10.1. The summed E-state index contributed by atoms with van der Waals surface area (Å²) < 4.78 is 31.5. The molecule has 1 aromatic carbocycles. The first-order valence-electron chi connectivity index (χ1n) is 5.08. The second-order valence-corrected chi connectivity index (χ2v) is 3.71. The van der Waals surface area contributed by atoms with Crippen LogP contribution in [0, 0.1) is 11.6 Å². The molecule has 0 saturated heterocycles. The van der Waals surface area contributed by atoms with Crippen molar-refractivity contribution >= 4 is 0 Å². The van der Waals surface area contributed by atoms with Crippen LogP contribution in [0.5, 0.6) is 0 Å². The van der Waals surface area contributed by atoms with Crippen LogP contribution in [0.4, 0.5) is 8.78 Å². The Morgan fingerprint density at radius 1 is 1.35 bits per heavy atom. The molecule has 90 valence electrons. The van der Waals surface area contributed by atoms with E-state index in [0.717, 1.165) is 6.07 Å². The van der Waals surface area contributed by atoms with Gasteiger partial charge in [0.1, 0.15) is 0 Å². The number of halogens is 2. The number of rotatable bonds is 3. The SMILES string of the molecule is CC(N)c1nnc(Cc2cccc(F)c2F)o1. The standard InChI is InChI=1S/C11H11F2N3O/c1-6(14)11-16-15-9(17-11)5-7-3-2-4-8(12)10(7)13/h2-4,6H,5,14H2,1H3. The molecule has 17 heavy (non-hydrogen) atoms. The number of nitrogens with two attached hydrogens (primary N) is 1. The van der Waals surface area contributed by atoms with Crippen LogP contribution in [0.25, 0.3) is 0 Å². The van der Waals surface area contributed by atoms with E-state index in [0.29, 0.717) is 0 Å². The molecule has 1 atom stereocenters. The van der Waals surface area contributed by atoms with Gasteiger partial charge in [0.05, 0.1) is 12.5 Å². The molecule has 6 heteroatoms. The zero-order valence-corrected chi connectivity index (χ0v) is 9.15. The lowest BCUT2D eigenvalue weighted by Gasteiger charge is -2.00. The maximum atomic E-state index is 13.4. The van der Waals surface area contributed by atoms with E-state index in [1.165, 1.54) is 12.1 Å². The van der Waals surface area contributed by atoms with Gasteiger partial charge in [0.25, 0.3) is 0 Å². The van der Waals surface area contributed by atoms with Gasteiger partial charge in [-0.2, -0.15) is 0 Å². The number of benzene rings is 1. The molecule has 0 bridgehead atoms. The molecule has 1 aromatic heterocycles. The quantitative estimate of drug-likeness (QED) is 0.889. The van der Waals surface area contributed by atoms with E-state index in [1.54, 1.807) is 6.92 Å². The Balaban J connectivity index is 2.22. The highest BCUT2D eigenvalue weighted by atomic mass is 19.2. The Morgan fingerprint density at radius 3 is 2.76 bits per heavy atom. The summed E-state index contributed by atoms with van der Waals surface area (Å²) in [5.74, 6) is -1.30. The number of aromatic nitrogens is 2. The first-order valence-corrected chi connectivity index (χ1v) is 5.08. The molecule has 1 unspecified atom stereocenters. The summed E-state index contributed by atoms with van der Waals surface area (Å²) in [6.07, 6.45) is 0.0450. The highest BCUT2D eigenvalue weighted by Crippen LogP contribution is 2.16. The van der Waals surface area contributed by atoms with Gasteiger partial charge in [-0.05, 0) is 13.0 Å². The van der Waals surface area contributed by atoms with Crippen LogP contribution in [-0.4, -0.2) is 10.2 Å². The summed E-state index contributed by atoms with van der Waals surface area (Å²) in [6.45, 7) is 1.69. The van der Waals surface area contributed by atoms with Crippen molar-refractivity contribution in [3.63, 3.8) is 0 Å². The second kappa shape index (κ2) is 4.58. The van der Waals surface area contributed by atoms with Crippen molar-refractivity contribution in [3.05, 3.63) is 47.2 Å². The number of hydrogen-bond donors (Lipinski definition) is 1. The summed E-state index contributed by atoms with van der Waals surface area (Å²) >= 11 is 0. The predicted octanol–water partition coefficient (Wildman–Crippen LogP) is 1.96. The fraction of sp³-hybridized carbons (Fsp3) is 0.273. The van der Waals surface area contributed by atoms with Crippen LogP contribution >= 0.6 is 0 Å². The van der Waals surface area contributed by atoms with Crippen molar-refractivity contribution in [2.45, 2.75) is 19.4 Å². The van der Waals surface area contributed by atoms with Gasteiger partial charge in [0, 0.05) is 5.56 Å². The molecule has 2 N–H and O–H groups in total. The minimum atomic E-state index is -0.895. The maximum absolute atomic E-state index is 13.4. The van der Waals surface area contributed by atoms with E-state index in [1.807, 2.05) is 0 Å². The minimum Gasteiger partial charge on any atom is -0.423 e. The van der Waals surface area contributed by atoms with Crippen molar-refractivity contribution in [2.75, 3.05) is 0 Å². The first kappa shape index (κ1) is 11.7. The molecule has 0 aliphatic heterocycles. The highest BCUT2D eigenvalue weighted by molar-refractivity contribution is 5.21. The zero-order chi connectivity index (χ0) is 12.4. The van der Waals surface area contributed by atoms with Crippen molar-refractivity contribution in [1.29, 1.82) is 0 Å². The lowest BCUT2D eigenvalue weighted by Crippen LogP contribution is -2.04. The Labute approximate surface area is 96.5 Å². The van der Waals surface area contributed by atoms with E-state index in [9.17, 15) is 8.78 Å². The van der Waals surface area contributed by atoms with Gasteiger partial charge >= 0.3 is 0 Å². The topological polar surface area (TPSA) is 64.9 Å². The molecule has 0 radical (unpaired) electrons. The average Bonchev–Trinajstić information content (AvgIpc) is 2.73. The molecule has 0 fully saturated rings. The Bertz CT molecular complexity index is 525. The van der Waals surface area contributed by atoms with Gasteiger partial charge < -0.3 is 10.2 Å². The van der Waals surface area contributed by atoms with Gasteiger partial charge in [-0.1, -0.05) is 12.1 Å². The molecule has 0 aliphatic rings. The fourth-order valence-corrected chi connectivity index (χ4v) is 1.37. The van der Waals surface area contributed by atoms with Crippen LogP contribution < -0.4 is 5.73 Å². The number of hydrogen-bond acceptors (Lipinski definition) is 4. The second-order valence-electron chi connectivity index (χ2n) is 3.71. The van der Waals surface area contributed by atoms with Crippen LogP contribution in [0.2, 0.25) is 0 Å². The van der Waals surface area contributed by atoms with Crippen LogP contribution in [0.3, 0.4) is 0 Å². The summed E-state index contributed by atoms with van der Waals surface area (Å²) in [7, 11) is 0. The van der Waals surface area contributed by atoms with Gasteiger partial charge in [-0.25, -0.2) is 8.78 Å². The molecule has 0 spiro atoms. The van der Waals surface area contributed by atoms with E-state index in [4.69, 9.17) is 10.2 Å². The Morgan fingerprint density at radius 2 is 2.12 bits per heavy atom. The van der Waals surface area contributed by atoms with E-state index in [2.05, 4.69) is 10.2 Å². The monoisotopic (exact) mass is 239 g/mol. The molecule has 0 amide bonds. The normalized spacial score (nSPS) is 12.7. The van der Waals surface area contributed by atoms with E-state index in [-0.39, 0.29) is 29.8 Å². The Hall–Kier alpha value is -1.82. The molecule has 2 aromatic rings. The first-order chi connectivity index (χ1) is 8.08. The largest absolute Gasteiger partial charge is 0.423 e. The molecule has 2 rings (SSSR count). The van der Waals surface area contributed by atoms with Crippen molar-refractivity contribution in [1.82, 2.24) is 10.2 Å². The fourth-order valence-electron chi connectivity index (χ4n) is 1.37. The molecular weight excluding hydrogens is 228 g/mol. The Kier molecular flexibility index (Phi) is 3.14. The van der Waals surface area contributed by atoms with Crippen LogP contribution in [-0.2, 0) is 6.42 Å². The van der Waals surface area contributed by atoms with Gasteiger partial charge in [-0.3, -0.25) is 0 Å². The average molecular weight is 239 g/mol. The summed E-state index contributed by atoms with van der Waals surface area (Å²) in [5.41, 5.74) is 5.72. The zero-order valence-electron chi connectivity index (χ0n) is 9.15. The van der Waals surface area contributed by atoms with Crippen molar-refractivity contribution < 1.29 is 13.2 Å². The maximum Gasteiger partial charge on any atom is 0.232 e. The highest BCUT2D eigenvalue weighted by Gasteiger charge is 2.13. The third kappa shape index (κ3) is 2.47. The van der Waals surface area contributed by atoms with Crippen molar-refractivity contribution in [3.8, 4) is 0 Å². The lowest BCUT2D eigenvalue weighted by molar-refractivity contribution is 0.429. The minimum absolute atomic E-state index is 0.0450. The summed E-state index contributed by atoms with van der Waals surface area (Å²) in [5, 5.41) is 7.42. The van der Waals surface area contributed by atoms with Crippen molar-refractivity contribution in [2.24, 2.45) is 5.73 Å². The number of nitrogens with zero attached hydrogens (tertiary/aromatic N) is 2. The van der Waals surface area contributed by atoms with E-state index < -0.39 is 11.6 Å².